The Morgan fingerprint density at radius 1 is 0.939 bits per heavy atom. The summed E-state index contributed by atoms with van der Waals surface area (Å²) >= 11 is 0. The Morgan fingerprint density at radius 3 is 2.15 bits per heavy atom. The Bertz CT molecular complexity index is 1210. The maximum atomic E-state index is 12.6. The minimum absolute atomic E-state index is 0.00630. The monoisotopic (exact) mass is 444 g/mol. The van der Waals surface area contributed by atoms with Crippen molar-refractivity contribution >= 4 is 29.4 Å². The molecule has 5 amide bonds. The molecule has 0 saturated carbocycles. The zero-order chi connectivity index (χ0) is 23.4. The van der Waals surface area contributed by atoms with Crippen LogP contribution < -0.4 is 21.1 Å². The number of carbonyl (C=O) groups is 4. The molecule has 1 fully saturated rings. The van der Waals surface area contributed by atoms with Gasteiger partial charge in [0.1, 0.15) is 11.5 Å². The van der Waals surface area contributed by atoms with Crippen LogP contribution >= 0.6 is 0 Å². The fourth-order valence-corrected chi connectivity index (χ4v) is 3.25. The number of nitrogens with two attached hydrogens (primary N) is 1. The highest BCUT2D eigenvalue weighted by Crippen LogP contribution is 2.23. The number of benzene rings is 3. The van der Waals surface area contributed by atoms with Gasteiger partial charge in [-0.3, -0.25) is 19.3 Å². The van der Waals surface area contributed by atoms with Crippen molar-refractivity contribution in [3.63, 3.8) is 0 Å². The van der Waals surface area contributed by atoms with E-state index in [1.807, 2.05) is 0 Å². The molecule has 0 unspecified atom stereocenters. The Balaban J connectivity index is 1.38. The van der Waals surface area contributed by atoms with Gasteiger partial charge in [0.2, 0.25) is 11.8 Å². The minimum atomic E-state index is -0.516. The third kappa shape index (κ3) is 5.16. The molecule has 1 aliphatic rings. The van der Waals surface area contributed by atoms with E-state index < -0.39 is 11.9 Å². The van der Waals surface area contributed by atoms with E-state index in [-0.39, 0.29) is 24.9 Å². The van der Waals surface area contributed by atoms with Gasteiger partial charge in [0.25, 0.3) is 5.91 Å². The number of nitrogens with zero attached hydrogens (tertiary/aromatic N) is 1. The third-order valence-corrected chi connectivity index (χ3v) is 4.95. The highest BCUT2D eigenvalue weighted by molar-refractivity contribution is 6.04. The van der Waals surface area contributed by atoms with Gasteiger partial charge in [0.05, 0.1) is 13.1 Å². The van der Waals surface area contributed by atoms with Gasteiger partial charge >= 0.3 is 6.03 Å². The van der Waals surface area contributed by atoms with Crippen LogP contribution in [0, 0.1) is 0 Å². The lowest BCUT2D eigenvalue weighted by molar-refractivity contribution is -0.125. The van der Waals surface area contributed by atoms with Crippen LogP contribution in [-0.2, 0) is 11.3 Å². The molecule has 0 spiro atoms. The molecule has 0 bridgehead atoms. The van der Waals surface area contributed by atoms with Crippen molar-refractivity contribution in [3.8, 4) is 11.5 Å². The molecule has 0 aliphatic carbocycles. The largest absolute Gasteiger partial charge is 0.457 e. The zero-order valence-electron chi connectivity index (χ0n) is 17.4. The van der Waals surface area contributed by atoms with E-state index in [1.165, 1.54) is 0 Å². The molecule has 9 nitrogen and oxygen atoms in total. The highest BCUT2D eigenvalue weighted by atomic mass is 16.5. The molecule has 0 radical (unpaired) electrons. The number of primary amides is 1. The predicted molar refractivity (Wildman–Crippen MR) is 120 cm³/mol. The first-order valence-corrected chi connectivity index (χ1v) is 10.1. The van der Waals surface area contributed by atoms with Crippen molar-refractivity contribution in [2.75, 3.05) is 11.9 Å². The Morgan fingerprint density at radius 2 is 1.58 bits per heavy atom. The number of anilines is 1. The SMILES string of the molecule is NC(=O)c1ccc(Oc2ccc(C(=O)Nc3cccc(CN4C(=O)CNC4=O)c3)cc2)cc1. The van der Waals surface area contributed by atoms with Gasteiger partial charge in [-0.25, -0.2) is 4.79 Å². The first kappa shape index (κ1) is 21.6. The van der Waals surface area contributed by atoms with Gasteiger partial charge in [-0.15, -0.1) is 0 Å². The topological polar surface area (TPSA) is 131 Å². The normalized spacial score (nSPS) is 12.9. The summed E-state index contributed by atoms with van der Waals surface area (Å²) in [5.74, 6) is -0.0781. The standard InChI is InChI=1S/C24H20N4O5/c25-22(30)16-4-8-19(9-5-16)33-20-10-6-17(7-11-20)23(31)27-18-3-1-2-15(12-18)14-28-21(29)13-26-24(28)32/h1-12H,13-14H2,(H2,25,30)(H,26,32)(H,27,31). The molecule has 9 heteroatoms. The fourth-order valence-electron chi connectivity index (χ4n) is 3.25. The fraction of sp³-hybridized carbons (Fsp3) is 0.0833. The van der Waals surface area contributed by atoms with E-state index in [0.717, 1.165) is 4.90 Å². The first-order chi connectivity index (χ1) is 15.9. The molecule has 1 aliphatic heterocycles. The molecular formula is C24H20N4O5. The number of urea groups is 1. The van der Waals surface area contributed by atoms with Crippen LogP contribution in [0.2, 0.25) is 0 Å². The minimum Gasteiger partial charge on any atom is -0.457 e. The summed E-state index contributed by atoms with van der Waals surface area (Å²) < 4.78 is 5.71. The highest BCUT2D eigenvalue weighted by Gasteiger charge is 2.28. The van der Waals surface area contributed by atoms with Crippen molar-refractivity contribution < 1.29 is 23.9 Å². The average molecular weight is 444 g/mol. The van der Waals surface area contributed by atoms with E-state index in [4.69, 9.17) is 10.5 Å². The van der Waals surface area contributed by atoms with Crippen LogP contribution in [0.25, 0.3) is 0 Å². The van der Waals surface area contributed by atoms with Gasteiger partial charge in [-0.05, 0) is 66.2 Å². The van der Waals surface area contributed by atoms with Crippen molar-refractivity contribution in [1.82, 2.24) is 10.2 Å². The summed E-state index contributed by atoms with van der Waals surface area (Å²) in [7, 11) is 0. The molecule has 166 valence electrons. The van der Waals surface area contributed by atoms with Crippen LogP contribution in [0.15, 0.2) is 72.8 Å². The Kier molecular flexibility index (Phi) is 6.03. The van der Waals surface area contributed by atoms with E-state index in [1.54, 1.807) is 72.8 Å². The summed E-state index contributed by atoms with van der Waals surface area (Å²) in [6.07, 6.45) is 0. The van der Waals surface area contributed by atoms with Crippen molar-refractivity contribution in [2.24, 2.45) is 5.73 Å². The number of carbonyl (C=O) groups excluding carboxylic acids is 4. The summed E-state index contributed by atoms with van der Waals surface area (Å²) in [6.45, 7) is 0.120. The van der Waals surface area contributed by atoms with Crippen LogP contribution in [0.5, 0.6) is 11.5 Å². The Labute approximate surface area is 189 Å². The second-order valence-electron chi connectivity index (χ2n) is 7.31. The average Bonchev–Trinajstić information content (AvgIpc) is 3.12. The number of ether oxygens (including phenoxy) is 1. The van der Waals surface area contributed by atoms with E-state index in [9.17, 15) is 19.2 Å². The summed E-state index contributed by atoms with van der Waals surface area (Å²) in [4.78, 5) is 48.4. The van der Waals surface area contributed by atoms with Crippen LogP contribution in [-0.4, -0.2) is 35.2 Å². The van der Waals surface area contributed by atoms with Crippen LogP contribution in [0.3, 0.4) is 0 Å². The first-order valence-electron chi connectivity index (χ1n) is 10.1. The number of amides is 5. The van der Waals surface area contributed by atoms with E-state index in [2.05, 4.69) is 10.6 Å². The quantitative estimate of drug-likeness (QED) is 0.482. The second-order valence-corrected chi connectivity index (χ2v) is 7.31. The molecule has 4 N–H and O–H groups in total. The lowest BCUT2D eigenvalue weighted by Crippen LogP contribution is -2.30. The number of hydrogen-bond donors (Lipinski definition) is 3. The second kappa shape index (κ2) is 9.23. The van der Waals surface area contributed by atoms with Gasteiger partial charge < -0.3 is 21.1 Å². The Hall–Kier alpha value is -4.66. The van der Waals surface area contributed by atoms with E-state index in [0.29, 0.717) is 33.9 Å². The molecule has 1 heterocycles. The molecule has 3 aromatic rings. The van der Waals surface area contributed by atoms with Crippen molar-refractivity contribution in [1.29, 1.82) is 0 Å². The summed E-state index contributed by atoms with van der Waals surface area (Å²) in [5, 5.41) is 5.28. The van der Waals surface area contributed by atoms with Crippen molar-refractivity contribution in [2.45, 2.75) is 6.54 Å². The maximum Gasteiger partial charge on any atom is 0.324 e. The van der Waals surface area contributed by atoms with Gasteiger partial charge in [-0.2, -0.15) is 0 Å². The van der Waals surface area contributed by atoms with Gasteiger partial charge in [0, 0.05) is 16.8 Å². The number of rotatable bonds is 7. The molecule has 1 saturated heterocycles. The maximum absolute atomic E-state index is 12.6. The molecule has 0 aromatic heterocycles. The molecule has 33 heavy (non-hydrogen) atoms. The number of imide groups is 1. The van der Waals surface area contributed by atoms with Crippen LogP contribution in [0.4, 0.5) is 10.5 Å². The lowest BCUT2D eigenvalue weighted by atomic mass is 10.1. The smallest absolute Gasteiger partial charge is 0.324 e. The van der Waals surface area contributed by atoms with Crippen LogP contribution in [0.1, 0.15) is 26.3 Å². The van der Waals surface area contributed by atoms with E-state index >= 15 is 0 Å². The van der Waals surface area contributed by atoms with Crippen molar-refractivity contribution in [3.05, 3.63) is 89.5 Å². The molecular weight excluding hydrogens is 424 g/mol. The number of hydrogen-bond acceptors (Lipinski definition) is 5. The molecule has 4 rings (SSSR count). The molecule has 3 aromatic carbocycles. The summed E-state index contributed by atoms with van der Waals surface area (Å²) in [5.41, 5.74) is 7.28. The molecule has 0 atom stereocenters. The van der Waals surface area contributed by atoms with Gasteiger partial charge in [0.15, 0.2) is 0 Å². The summed E-state index contributed by atoms with van der Waals surface area (Å²) in [6, 6.07) is 19.5. The third-order valence-electron chi connectivity index (χ3n) is 4.95. The lowest BCUT2D eigenvalue weighted by Gasteiger charge is -2.13. The van der Waals surface area contributed by atoms with Gasteiger partial charge in [-0.1, -0.05) is 12.1 Å². The zero-order valence-corrected chi connectivity index (χ0v) is 17.4. The predicted octanol–water partition coefficient (Wildman–Crippen LogP) is 2.88. The number of nitrogens with one attached hydrogen (secondary N) is 2.